The predicted molar refractivity (Wildman–Crippen MR) is 58.6 cm³/mol. The summed E-state index contributed by atoms with van der Waals surface area (Å²) in [6.07, 6.45) is 1.73. The molecule has 2 N–H and O–H groups in total. The van der Waals surface area contributed by atoms with Gasteiger partial charge in [0.05, 0.1) is 11.1 Å². The van der Waals surface area contributed by atoms with E-state index in [1.165, 1.54) is 12.4 Å². The predicted octanol–water partition coefficient (Wildman–Crippen LogP) is 1.91. The summed E-state index contributed by atoms with van der Waals surface area (Å²) >= 11 is 8.90. The molecule has 0 saturated carbocycles. The molecule has 0 aromatic carbocycles. The van der Waals surface area contributed by atoms with Crippen LogP contribution < -0.4 is 0 Å². The van der Waals surface area contributed by atoms with Gasteiger partial charge in [-0.3, -0.25) is 4.98 Å². The van der Waals surface area contributed by atoms with Crippen molar-refractivity contribution in [2.75, 3.05) is 5.33 Å². The van der Waals surface area contributed by atoms with Crippen LogP contribution in [0.2, 0.25) is 5.02 Å². The first-order valence-corrected chi connectivity index (χ1v) is 5.67. The first-order valence-electron chi connectivity index (χ1n) is 4.17. The molecular weight excluding hydrogens is 269 g/mol. The molecule has 2 atom stereocenters. The van der Waals surface area contributed by atoms with Crippen LogP contribution in [0.25, 0.3) is 0 Å². The van der Waals surface area contributed by atoms with E-state index in [2.05, 4.69) is 20.9 Å². The van der Waals surface area contributed by atoms with Gasteiger partial charge in [-0.2, -0.15) is 0 Å². The van der Waals surface area contributed by atoms with Gasteiger partial charge in [0.1, 0.15) is 6.10 Å². The van der Waals surface area contributed by atoms with Crippen molar-refractivity contribution in [3.05, 3.63) is 29.0 Å². The fourth-order valence-electron chi connectivity index (χ4n) is 1.08. The molecule has 1 heterocycles. The van der Waals surface area contributed by atoms with E-state index in [0.717, 1.165) is 0 Å². The van der Waals surface area contributed by atoms with E-state index in [1.54, 1.807) is 6.07 Å². The highest BCUT2D eigenvalue weighted by atomic mass is 79.9. The molecular formula is C9H11BrClNO2. The molecule has 0 radical (unpaired) electrons. The first kappa shape index (κ1) is 11.9. The number of nitrogens with zero attached hydrogens (tertiary/aromatic N) is 1. The number of pyridine rings is 1. The van der Waals surface area contributed by atoms with E-state index in [9.17, 15) is 10.2 Å². The lowest BCUT2D eigenvalue weighted by Crippen LogP contribution is -2.18. The molecule has 0 amide bonds. The molecule has 5 heteroatoms. The van der Waals surface area contributed by atoms with Crippen molar-refractivity contribution in [3.63, 3.8) is 0 Å². The van der Waals surface area contributed by atoms with Crippen molar-refractivity contribution in [1.29, 1.82) is 0 Å². The maximum atomic E-state index is 9.68. The number of aromatic nitrogens is 1. The van der Waals surface area contributed by atoms with Gasteiger partial charge >= 0.3 is 0 Å². The van der Waals surface area contributed by atoms with Crippen LogP contribution in [-0.2, 0) is 0 Å². The minimum Gasteiger partial charge on any atom is -0.390 e. The van der Waals surface area contributed by atoms with Crippen LogP contribution in [0.5, 0.6) is 0 Å². The van der Waals surface area contributed by atoms with Gasteiger partial charge in [0, 0.05) is 23.3 Å². The standard InChI is InChI=1S/C9H11BrClNO2/c10-2-1-8(13)9(14)6-3-7(11)5-12-4-6/h3-5,8-9,13-14H,1-2H2. The SMILES string of the molecule is OC(CCBr)C(O)c1cncc(Cl)c1. The average molecular weight is 281 g/mol. The van der Waals surface area contributed by atoms with Gasteiger partial charge in [0.15, 0.2) is 0 Å². The second kappa shape index (κ2) is 5.66. The molecule has 0 aliphatic rings. The average Bonchev–Trinajstić information content (AvgIpc) is 2.17. The van der Waals surface area contributed by atoms with Gasteiger partial charge in [0.2, 0.25) is 0 Å². The Hall–Kier alpha value is -0.160. The number of aliphatic hydroxyl groups excluding tert-OH is 2. The molecule has 78 valence electrons. The topological polar surface area (TPSA) is 53.4 Å². The number of rotatable bonds is 4. The number of alkyl halides is 1. The molecule has 1 aromatic rings. The largest absolute Gasteiger partial charge is 0.390 e. The fourth-order valence-corrected chi connectivity index (χ4v) is 1.73. The van der Waals surface area contributed by atoms with E-state index >= 15 is 0 Å². The minimum atomic E-state index is -0.932. The third-order valence-corrected chi connectivity index (χ3v) is 2.50. The third-order valence-electron chi connectivity index (χ3n) is 1.84. The Labute approximate surface area is 95.9 Å². The zero-order chi connectivity index (χ0) is 10.6. The summed E-state index contributed by atoms with van der Waals surface area (Å²) in [6.45, 7) is 0. The van der Waals surface area contributed by atoms with Crippen LogP contribution in [0, 0.1) is 0 Å². The lowest BCUT2D eigenvalue weighted by Gasteiger charge is -2.16. The van der Waals surface area contributed by atoms with E-state index in [1.807, 2.05) is 0 Å². The minimum absolute atomic E-state index is 0.451. The van der Waals surface area contributed by atoms with Crippen LogP contribution in [-0.4, -0.2) is 26.6 Å². The summed E-state index contributed by atoms with van der Waals surface area (Å²) in [5, 5.41) is 20.3. The van der Waals surface area contributed by atoms with Crippen LogP contribution >= 0.6 is 27.5 Å². The van der Waals surface area contributed by atoms with Crippen molar-refractivity contribution >= 4 is 27.5 Å². The number of halogens is 2. The molecule has 0 aliphatic carbocycles. The van der Waals surface area contributed by atoms with Gasteiger partial charge in [-0.25, -0.2) is 0 Å². The normalized spacial score (nSPS) is 15.1. The Kier molecular flexibility index (Phi) is 4.81. The molecule has 3 nitrogen and oxygen atoms in total. The lowest BCUT2D eigenvalue weighted by atomic mass is 10.1. The smallest absolute Gasteiger partial charge is 0.106 e. The molecule has 1 aromatic heterocycles. The summed E-state index contributed by atoms with van der Waals surface area (Å²) in [4.78, 5) is 3.83. The molecule has 0 saturated heterocycles. The highest BCUT2D eigenvalue weighted by Gasteiger charge is 2.17. The van der Waals surface area contributed by atoms with Gasteiger partial charge < -0.3 is 10.2 Å². The van der Waals surface area contributed by atoms with E-state index in [0.29, 0.717) is 22.3 Å². The zero-order valence-corrected chi connectivity index (χ0v) is 9.74. The molecule has 0 spiro atoms. The number of aliphatic hydroxyl groups is 2. The molecule has 1 rings (SSSR count). The molecule has 14 heavy (non-hydrogen) atoms. The summed E-state index contributed by atoms with van der Waals surface area (Å²) in [6, 6.07) is 1.59. The van der Waals surface area contributed by atoms with Gasteiger partial charge in [-0.1, -0.05) is 27.5 Å². The fraction of sp³-hybridized carbons (Fsp3) is 0.444. The second-order valence-corrected chi connectivity index (χ2v) is 4.16. The quantitative estimate of drug-likeness (QED) is 0.829. The zero-order valence-electron chi connectivity index (χ0n) is 7.40. The van der Waals surface area contributed by atoms with Gasteiger partial charge in [0.25, 0.3) is 0 Å². The first-order chi connectivity index (χ1) is 6.65. The number of hydrogen-bond acceptors (Lipinski definition) is 3. The van der Waals surface area contributed by atoms with E-state index in [-0.39, 0.29) is 0 Å². The molecule has 2 unspecified atom stereocenters. The van der Waals surface area contributed by atoms with Gasteiger partial charge in [-0.05, 0) is 12.5 Å². The van der Waals surface area contributed by atoms with E-state index in [4.69, 9.17) is 11.6 Å². The Morgan fingerprint density at radius 2 is 2.14 bits per heavy atom. The van der Waals surface area contributed by atoms with Crippen molar-refractivity contribution in [2.45, 2.75) is 18.6 Å². The Morgan fingerprint density at radius 1 is 1.43 bits per heavy atom. The van der Waals surface area contributed by atoms with E-state index < -0.39 is 12.2 Å². The van der Waals surface area contributed by atoms with Crippen LogP contribution in [0.15, 0.2) is 18.5 Å². The van der Waals surface area contributed by atoms with Crippen molar-refractivity contribution < 1.29 is 10.2 Å². The highest BCUT2D eigenvalue weighted by Crippen LogP contribution is 2.21. The summed E-state index contributed by atoms with van der Waals surface area (Å²) in [5.41, 5.74) is 0.533. The Balaban J connectivity index is 2.73. The van der Waals surface area contributed by atoms with Crippen molar-refractivity contribution in [1.82, 2.24) is 4.98 Å². The maximum absolute atomic E-state index is 9.68. The second-order valence-electron chi connectivity index (χ2n) is 2.93. The Bertz CT molecular complexity index is 298. The third kappa shape index (κ3) is 3.20. The summed E-state index contributed by atoms with van der Waals surface area (Å²) < 4.78 is 0. The highest BCUT2D eigenvalue weighted by molar-refractivity contribution is 9.09. The van der Waals surface area contributed by atoms with Crippen LogP contribution in [0.1, 0.15) is 18.1 Å². The maximum Gasteiger partial charge on any atom is 0.106 e. The van der Waals surface area contributed by atoms with Crippen molar-refractivity contribution in [2.24, 2.45) is 0 Å². The monoisotopic (exact) mass is 279 g/mol. The Morgan fingerprint density at radius 3 is 2.71 bits per heavy atom. The lowest BCUT2D eigenvalue weighted by molar-refractivity contribution is 0.0172. The van der Waals surface area contributed by atoms with Crippen LogP contribution in [0.4, 0.5) is 0 Å². The summed E-state index contributed by atoms with van der Waals surface area (Å²) in [7, 11) is 0. The van der Waals surface area contributed by atoms with Crippen LogP contribution in [0.3, 0.4) is 0 Å². The molecule has 0 aliphatic heterocycles. The van der Waals surface area contributed by atoms with Gasteiger partial charge in [-0.15, -0.1) is 0 Å². The molecule has 0 bridgehead atoms. The summed E-state index contributed by atoms with van der Waals surface area (Å²) in [5.74, 6) is 0. The van der Waals surface area contributed by atoms with Crippen molar-refractivity contribution in [3.8, 4) is 0 Å². The molecule has 0 fully saturated rings. The number of hydrogen-bond donors (Lipinski definition) is 2.